The quantitative estimate of drug-likeness (QED) is 0.712. The second-order valence-electron chi connectivity index (χ2n) is 6.91. The molecule has 7 nitrogen and oxygen atoms in total. The molecule has 0 saturated carbocycles. The number of hydrogen-bond acceptors (Lipinski definition) is 5. The Labute approximate surface area is 171 Å². The standard InChI is InChI=1S/C21H26N2O5S/c1-3-7-16(2)22-21(24)15-23(29(25,26)18-8-5-4-6-9-18)17-10-11-19-20(14-17)28-13-12-27-19/h4-6,8-11,14,16H,3,7,12-13,15H2,1-2H3,(H,22,24)/t16-/m0/s1. The fourth-order valence-electron chi connectivity index (χ4n) is 3.18. The van der Waals surface area contributed by atoms with E-state index in [9.17, 15) is 13.2 Å². The predicted octanol–water partition coefficient (Wildman–Crippen LogP) is 2.96. The van der Waals surface area contributed by atoms with Gasteiger partial charge >= 0.3 is 0 Å². The Balaban J connectivity index is 1.95. The molecule has 1 atom stereocenters. The van der Waals surface area contributed by atoms with Gasteiger partial charge in [-0.15, -0.1) is 0 Å². The Bertz CT molecular complexity index is 947. The first kappa shape index (κ1) is 21.0. The minimum absolute atomic E-state index is 0.0333. The molecule has 0 bridgehead atoms. The van der Waals surface area contributed by atoms with Crippen molar-refractivity contribution in [3.05, 3.63) is 48.5 Å². The first-order chi connectivity index (χ1) is 13.9. The number of carbonyl (C=O) groups excluding carboxylic acids is 1. The van der Waals surface area contributed by atoms with Crippen molar-refractivity contribution in [1.29, 1.82) is 0 Å². The van der Waals surface area contributed by atoms with Gasteiger partial charge in [-0.2, -0.15) is 0 Å². The Morgan fingerprint density at radius 1 is 1.10 bits per heavy atom. The summed E-state index contributed by atoms with van der Waals surface area (Å²) in [5, 5.41) is 2.87. The molecule has 0 unspecified atom stereocenters. The maximum Gasteiger partial charge on any atom is 0.264 e. The van der Waals surface area contributed by atoms with E-state index in [4.69, 9.17) is 9.47 Å². The smallest absolute Gasteiger partial charge is 0.264 e. The SMILES string of the molecule is CCC[C@H](C)NC(=O)CN(c1ccc2c(c1)OCCO2)S(=O)(=O)c1ccccc1. The van der Waals surface area contributed by atoms with Crippen molar-refractivity contribution in [1.82, 2.24) is 5.32 Å². The van der Waals surface area contributed by atoms with Gasteiger partial charge in [0.25, 0.3) is 10.0 Å². The second kappa shape index (κ2) is 9.17. The van der Waals surface area contributed by atoms with Crippen LogP contribution in [0.4, 0.5) is 5.69 Å². The largest absolute Gasteiger partial charge is 0.486 e. The lowest BCUT2D eigenvalue weighted by Gasteiger charge is -2.26. The molecule has 156 valence electrons. The van der Waals surface area contributed by atoms with Crippen LogP contribution >= 0.6 is 0 Å². The van der Waals surface area contributed by atoms with E-state index < -0.39 is 10.0 Å². The number of nitrogens with zero attached hydrogens (tertiary/aromatic N) is 1. The van der Waals surface area contributed by atoms with Crippen molar-refractivity contribution >= 4 is 21.6 Å². The Hall–Kier alpha value is -2.74. The van der Waals surface area contributed by atoms with Crippen LogP contribution in [-0.2, 0) is 14.8 Å². The molecule has 1 aliphatic heterocycles. The molecule has 29 heavy (non-hydrogen) atoms. The summed E-state index contributed by atoms with van der Waals surface area (Å²) in [7, 11) is -3.95. The van der Waals surface area contributed by atoms with Crippen molar-refractivity contribution in [3.63, 3.8) is 0 Å². The first-order valence-corrected chi connectivity index (χ1v) is 11.1. The molecule has 0 radical (unpaired) electrons. The van der Waals surface area contributed by atoms with Crippen LogP contribution in [0.3, 0.4) is 0 Å². The number of carbonyl (C=O) groups is 1. The molecule has 1 aliphatic rings. The maximum atomic E-state index is 13.3. The molecule has 0 saturated heterocycles. The highest BCUT2D eigenvalue weighted by molar-refractivity contribution is 7.92. The van der Waals surface area contributed by atoms with Gasteiger partial charge in [0.1, 0.15) is 19.8 Å². The zero-order valence-corrected chi connectivity index (χ0v) is 17.4. The molecule has 0 fully saturated rings. The van der Waals surface area contributed by atoms with Crippen molar-refractivity contribution in [3.8, 4) is 11.5 Å². The highest BCUT2D eigenvalue weighted by Crippen LogP contribution is 2.35. The monoisotopic (exact) mass is 418 g/mol. The summed E-state index contributed by atoms with van der Waals surface area (Å²) in [5.41, 5.74) is 0.344. The Morgan fingerprint density at radius 2 is 1.79 bits per heavy atom. The summed E-state index contributed by atoms with van der Waals surface area (Å²) >= 11 is 0. The lowest BCUT2D eigenvalue weighted by Crippen LogP contribution is -2.43. The Morgan fingerprint density at radius 3 is 2.48 bits per heavy atom. The molecule has 1 amide bonds. The van der Waals surface area contributed by atoms with Gasteiger partial charge in [0.15, 0.2) is 11.5 Å². The lowest BCUT2D eigenvalue weighted by atomic mass is 10.2. The van der Waals surface area contributed by atoms with E-state index in [0.717, 1.165) is 17.1 Å². The van der Waals surface area contributed by atoms with E-state index in [0.29, 0.717) is 30.4 Å². The highest BCUT2D eigenvalue weighted by atomic mass is 32.2. The van der Waals surface area contributed by atoms with Crippen molar-refractivity contribution in [2.24, 2.45) is 0 Å². The molecule has 0 spiro atoms. The zero-order valence-electron chi connectivity index (χ0n) is 16.6. The average Bonchev–Trinajstić information content (AvgIpc) is 2.72. The van der Waals surface area contributed by atoms with E-state index in [-0.39, 0.29) is 23.4 Å². The third kappa shape index (κ3) is 5.00. The van der Waals surface area contributed by atoms with E-state index in [1.807, 2.05) is 13.8 Å². The van der Waals surface area contributed by atoms with Crippen LogP contribution in [0.25, 0.3) is 0 Å². The third-order valence-electron chi connectivity index (χ3n) is 4.56. The molecule has 2 aromatic rings. The van der Waals surface area contributed by atoms with Gasteiger partial charge in [0.2, 0.25) is 5.91 Å². The molecule has 2 aromatic carbocycles. The number of ether oxygens (including phenoxy) is 2. The number of anilines is 1. The van der Waals surface area contributed by atoms with Crippen LogP contribution in [0.15, 0.2) is 53.4 Å². The lowest BCUT2D eigenvalue weighted by molar-refractivity contribution is -0.120. The van der Waals surface area contributed by atoms with Gasteiger partial charge in [-0.3, -0.25) is 9.10 Å². The fraction of sp³-hybridized carbons (Fsp3) is 0.381. The van der Waals surface area contributed by atoms with Crippen molar-refractivity contribution in [2.45, 2.75) is 37.6 Å². The topological polar surface area (TPSA) is 84.9 Å². The summed E-state index contributed by atoms with van der Waals surface area (Å²) in [4.78, 5) is 12.7. The molecule has 8 heteroatoms. The van der Waals surface area contributed by atoms with Gasteiger partial charge < -0.3 is 14.8 Å². The van der Waals surface area contributed by atoms with E-state index in [1.54, 1.807) is 36.4 Å². The molecule has 0 aliphatic carbocycles. The summed E-state index contributed by atoms with van der Waals surface area (Å²) in [6.07, 6.45) is 1.75. The van der Waals surface area contributed by atoms with E-state index in [1.165, 1.54) is 12.1 Å². The minimum atomic E-state index is -3.95. The average molecular weight is 419 g/mol. The zero-order chi connectivity index (χ0) is 20.9. The number of hydrogen-bond donors (Lipinski definition) is 1. The number of nitrogens with one attached hydrogen (secondary N) is 1. The second-order valence-corrected chi connectivity index (χ2v) is 8.77. The van der Waals surface area contributed by atoms with Crippen LogP contribution in [0.1, 0.15) is 26.7 Å². The normalized spacial score (nSPS) is 14.1. The highest BCUT2D eigenvalue weighted by Gasteiger charge is 2.28. The number of amides is 1. The van der Waals surface area contributed by atoms with Gasteiger partial charge in [0.05, 0.1) is 10.6 Å². The van der Waals surface area contributed by atoms with Crippen molar-refractivity contribution < 1.29 is 22.7 Å². The van der Waals surface area contributed by atoms with Crippen molar-refractivity contribution in [2.75, 3.05) is 24.1 Å². The summed E-state index contributed by atoms with van der Waals surface area (Å²) < 4.78 is 38.9. The molecule has 0 aromatic heterocycles. The number of rotatable bonds is 8. The third-order valence-corrected chi connectivity index (χ3v) is 6.35. The molecule has 1 heterocycles. The molecular weight excluding hydrogens is 392 g/mol. The molecule has 1 N–H and O–H groups in total. The number of fused-ring (bicyclic) bond motifs is 1. The van der Waals surface area contributed by atoms with E-state index >= 15 is 0 Å². The van der Waals surface area contributed by atoms with Gasteiger partial charge in [0, 0.05) is 12.1 Å². The fourth-order valence-corrected chi connectivity index (χ4v) is 4.61. The van der Waals surface area contributed by atoms with Crippen LogP contribution in [-0.4, -0.2) is 40.1 Å². The van der Waals surface area contributed by atoms with Crippen LogP contribution in [0.2, 0.25) is 0 Å². The van der Waals surface area contributed by atoms with Crippen LogP contribution in [0.5, 0.6) is 11.5 Å². The predicted molar refractivity (Wildman–Crippen MR) is 111 cm³/mol. The minimum Gasteiger partial charge on any atom is -0.486 e. The van der Waals surface area contributed by atoms with Crippen LogP contribution < -0.4 is 19.1 Å². The summed E-state index contributed by atoms with van der Waals surface area (Å²) in [6.45, 7) is 4.43. The summed E-state index contributed by atoms with van der Waals surface area (Å²) in [6, 6.07) is 12.9. The van der Waals surface area contributed by atoms with E-state index in [2.05, 4.69) is 5.32 Å². The Kier molecular flexibility index (Phi) is 6.64. The number of benzene rings is 2. The van der Waals surface area contributed by atoms with Gasteiger partial charge in [-0.25, -0.2) is 8.42 Å². The molecule has 3 rings (SSSR count). The maximum absolute atomic E-state index is 13.3. The van der Waals surface area contributed by atoms with Gasteiger partial charge in [-0.1, -0.05) is 31.5 Å². The molecular formula is C21H26N2O5S. The van der Waals surface area contributed by atoms with Gasteiger partial charge in [-0.05, 0) is 37.6 Å². The number of sulfonamides is 1. The first-order valence-electron chi connectivity index (χ1n) is 9.68. The summed E-state index contributed by atoms with van der Waals surface area (Å²) in [5.74, 6) is 0.653. The van der Waals surface area contributed by atoms with Crippen LogP contribution in [0, 0.1) is 0 Å².